The van der Waals surface area contributed by atoms with E-state index >= 15 is 0 Å². The highest BCUT2D eigenvalue weighted by Gasteiger charge is 2.39. The van der Waals surface area contributed by atoms with Gasteiger partial charge in [0.05, 0.1) is 0 Å². The van der Waals surface area contributed by atoms with Gasteiger partial charge in [-0.2, -0.15) is 0 Å². The largest absolute Gasteiger partial charge is 0.456 e. The number of hydrogen-bond acceptors (Lipinski definition) is 3. The highest BCUT2D eigenvalue weighted by Crippen LogP contribution is 2.36. The van der Waals surface area contributed by atoms with Crippen molar-refractivity contribution in [3.8, 4) is 0 Å². The number of aliphatic hydroxyl groups is 1. The molecule has 1 N–H and O–H groups in total. The van der Waals surface area contributed by atoms with Gasteiger partial charge < -0.3 is 14.6 Å². The first-order valence-corrected chi connectivity index (χ1v) is 5.64. The molecule has 0 atom stereocenters. The van der Waals surface area contributed by atoms with Crippen molar-refractivity contribution >= 4 is 0 Å². The number of rotatable bonds is 5. The van der Waals surface area contributed by atoms with Gasteiger partial charge in [-0.3, -0.25) is 0 Å². The molecule has 0 aromatic rings. The summed E-state index contributed by atoms with van der Waals surface area (Å²) in [7, 11) is 0. The molecule has 0 aliphatic carbocycles. The van der Waals surface area contributed by atoms with Crippen LogP contribution in [0.5, 0.6) is 0 Å². The Bertz CT molecular complexity index is 221. The fourth-order valence-corrected chi connectivity index (χ4v) is 2.04. The van der Waals surface area contributed by atoms with Crippen LogP contribution in [0.3, 0.4) is 0 Å². The van der Waals surface area contributed by atoms with Crippen molar-refractivity contribution in [1.29, 1.82) is 0 Å². The molecule has 0 saturated carbocycles. The minimum absolute atomic E-state index is 0.0854. The molecule has 3 nitrogen and oxygen atoms in total. The molecule has 0 aromatic carbocycles. The van der Waals surface area contributed by atoms with Crippen LogP contribution in [0.2, 0.25) is 0 Å². The summed E-state index contributed by atoms with van der Waals surface area (Å²) in [4.78, 5) is 0. The topological polar surface area (TPSA) is 38.7 Å². The van der Waals surface area contributed by atoms with E-state index in [1.54, 1.807) is 6.26 Å². The molecular formula is C12H22O3. The van der Waals surface area contributed by atoms with Gasteiger partial charge in [-0.1, -0.05) is 27.7 Å². The van der Waals surface area contributed by atoms with Crippen LogP contribution in [0, 0.1) is 11.8 Å². The second kappa shape index (κ2) is 4.88. The van der Waals surface area contributed by atoms with Gasteiger partial charge in [0.25, 0.3) is 5.79 Å². The standard InChI is InChI=1S/C12H22O3/c1-9(2)5-12(6-10(3)4)14-8-11(7-13)15-12/h8-10,13H,5-7H2,1-4H3. The Kier molecular flexibility index (Phi) is 4.03. The molecular weight excluding hydrogens is 192 g/mol. The van der Waals surface area contributed by atoms with E-state index in [0.717, 1.165) is 12.8 Å². The van der Waals surface area contributed by atoms with E-state index < -0.39 is 5.79 Å². The van der Waals surface area contributed by atoms with Crippen LogP contribution in [-0.4, -0.2) is 17.5 Å². The minimum Gasteiger partial charge on any atom is -0.456 e. The molecule has 0 unspecified atom stereocenters. The summed E-state index contributed by atoms with van der Waals surface area (Å²) in [5.74, 6) is 1.02. The smallest absolute Gasteiger partial charge is 0.250 e. The van der Waals surface area contributed by atoms with E-state index in [9.17, 15) is 0 Å². The first-order valence-electron chi connectivity index (χ1n) is 5.64. The van der Waals surface area contributed by atoms with E-state index in [4.69, 9.17) is 14.6 Å². The quantitative estimate of drug-likeness (QED) is 0.764. The van der Waals surface area contributed by atoms with Crippen molar-refractivity contribution < 1.29 is 14.6 Å². The first-order chi connectivity index (χ1) is 6.97. The van der Waals surface area contributed by atoms with Crippen molar-refractivity contribution in [3.63, 3.8) is 0 Å². The van der Waals surface area contributed by atoms with Crippen LogP contribution in [0.4, 0.5) is 0 Å². The third-order valence-electron chi connectivity index (χ3n) is 2.32. The van der Waals surface area contributed by atoms with Gasteiger partial charge in [-0.15, -0.1) is 0 Å². The molecule has 0 spiro atoms. The van der Waals surface area contributed by atoms with Crippen LogP contribution in [-0.2, 0) is 9.47 Å². The Balaban J connectivity index is 2.64. The van der Waals surface area contributed by atoms with E-state index in [0.29, 0.717) is 17.6 Å². The van der Waals surface area contributed by atoms with E-state index in [1.807, 2.05) is 0 Å². The van der Waals surface area contributed by atoms with Crippen molar-refractivity contribution in [3.05, 3.63) is 12.0 Å². The maximum absolute atomic E-state index is 8.99. The Morgan fingerprint density at radius 2 is 1.73 bits per heavy atom. The third-order valence-corrected chi connectivity index (χ3v) is 2.32. The van der Waals surface area contributed by atoms with Crippen LogP contribution >= 0.6 is 0 Å². The van der Waals surface area contributed by atoms with Crippen LogP contribution < -0.4 is 0 Å². The molecule has 0 amide bonds. The summed E-state index contributed by atoms with van der Waals surface area (Å²) < 4.78 is 11.3. The van der Waals surface area contributed by atoms with Crippen LogP contribution in [0.25, 0.3) is 0 Å². The predicted molar refractivity (Wildman–Crippen MR) is 59.0 cm³/mol. The molecule has 88 valence electrons. The van der Waals surface area contributed by atoms with Gasteiger partial charge in [-0.25, -0.2) is 0 Å². The molecule has 0 radical (unpaired) electrons. The summed E-state index contributed by atoms with van der Waals surface area (Å²) in [6.07, 6.45) is 3.25. The lowest BCUT2D eigenvalue weighted by Crippen LogP contribution is -2.34. The summed E-state index contributed by atoms with van der Waals surface area (Å²) in [6.45, 7) is 8.49. The fraction of sp³-hybridized carbons (Fsp3) is 0.833. The predicted octanol–water partition coefficient (Wildman–Crippen LogP) is 2.66. The first kappa shape index (κ1) is 12.4. The zero-order chi connectivity index (χ0) is 11.5. The summed E-state index contributed by atoms with van der Waals surface area (Å²) >= 11 is 0. The molecule has 1 rings (SSSR count). The monoisotopic (exact) mass is 214 g/mol. The van der Waals surface area contributed by atoms with Gasteiger partial charge in [-0.05, 0) is 11.8 Å². The average molecular weight is 214 g/mol. The number of aliphatic hydroxyl groups excluding tert-OH is 1. The Labute approximate surface area is 92.1 Å². The third kappa shape index (κ3) is 3.42. The van der Waals surface area contributed by atoms with Crippen LogP contribution in [0.1, 0.15) is 40.5 Å². The Morgan fingerprint density at radius 1 is 1.20 bits per heavy atom. The number of ether oxygens (including phenoxy) is 2. The minimum atomic E-state index is -0.541. The molecule has 0 bridgehead atoms. The van der Waals surface area contributed by atoms with Crippen molar-refractivity contribution in [2.45, 2.75) is 46.3 Å². The van der Waals surface area contributed by atoms with Crippen molar-refractivity contribution in [1.82, 2.24) is 0 Å². The van der Waals surface area contributed by atoms with E-state index in [1.165, 1.54) is 0 Å². The second-order valence-electron chi connectivity index (χ2n) is 5.07. The highest BCUT2D eigenvalue weighted by molar-refractivity contribution is 4.98. The highest BCUT2D eigenvalue weighted by atomic mass is 16.7. The molecule has 0 fully saturated rings. The zero-order valence-electron chi connectivity index (χ0n) is 10.1. The van der Waals surface area contributed by atoms with Crippen LogP contribution in [0.15, 0.2) is 12.0 Å². The van der Waals surface area contributed by atoms with Crippen molar-refractivity contribution in [2.75, 3.05) is 6.61 Å². The second-order valence-corrected chi connectivity index (χ2v) is 5.07. The lowest BCUT2D eigenvalue weighted by molar-refractivity contribution is -0.173. The maximum Gasteiger partial charge on any atom is 0.250 e. The normalized spacial score (nSPS) is 19.0. The average Bonchev–Trinajstić information content (AvgIpc) is 2.45. The fourth-order valence-electron chi connectivity index (χ4n) is 2.04. The van der Waals surface area contributed by atoms with Gasteiger partial charge >= 0.3 is 0 Å². The summed E-state index contributed by atoms with van der Waals surface area (Å²) in [6, 6.07) is 0. The van der Waals surface area contributed by atoms with Gasteiger partial charge in [0.15, 0.2) is 5.76 Å². The molecule has 1 aliphatic rings. The van der Waals surface area contributed by atoms with E-state index in [2.05, 4.69) is 27.7 Å². The molecule has 0 aromatic heterocycles. The zero-order valence-corrected chi connectivity index (χ0v) is 10.1. The lowest BCUT2D eigenvalue weighted by Gasteiger charge is -2.31. The molecule has 0 saturated heterocycles. The van der Waals surface area contributed by atoms with Gasteiger partial charge in [0.2, 0.25) is 0 Å². The molecule has 1 heterocycles. The Hall–Kier alpha value is -0.700. The lowest BCUT2D eigenvalue weighted by atomic mass is 9.94. The molecule has 1 aliphatic heterocycles. The SMILES string of the molecule is CC(C)CC1(CC(C)C)OC=C(CO)O1. The number of hydrogen-bond donors (Lipinski definition) is 1. The summed E-state index contributed by atoms with van der Waals surface area (Å²) in [5, 5.41) is 8.99. The van der Waals surface area contributed by atoms with Gasteiger partial charge in [0.1, 0.15) is 12.9 Å². The maximum atomic E-state index is 8.99. The van der Waals surface area contributed by atoms with Crippen molar-refractivity contribution in [2.24, 2.45) is 11.8 Å². The molecule has 3 heteroatoms. The molecule has 15 heavy (non-hydrogen) atoms. The summed E-state index contributed by atoms with van der Waals surface area (Å²) in [5.41, 5.74) is 0. The van der Waals surface area contributed by atoms with Gasteiger partial charge in [0, 0.05) is 12.8 Å². The Morgan fingerprint density at radius 3 is 2.07 bits per heavy atom. The van der Waals surface area contributed by atoms with E-state index in [-0.39, 0.29) is 6.61 Å².